The van der Waals surface area contributed by atoms with Crippen molar-refractivity contribution in [3.8, 4) is 11.5 Å². The fraction of sp³-hybridized carbons (Fsp3) is 0.600. The van der Waals surface area contributed by atoms with Gasteiger partial charge in [-0.15, -0.1) is 0 Å². The minimum atomic E-state index is 0.369. The minimum absolute atomic E-state index is 0.369. The van der Waals surface area contributed by atoms with Gasteiger partial charge in [-0.05, 0) is 39.0 Å². The highest BCUT2D eigenvalue weighted by Crippen LogP contribution is 2.33. The molecule has 0 radical (unpaired) electrons. The summed E-state index contributed by atoms with van der Waals surface area (Å²) in [7, 11) is 5.40. The SMILES string of the molecule is CNCC(c1ccc(OC)cc1OC)N1CCCC1. The van der Waals surface area contributed by atoms with Gasteiger partial charge < -0.3 is 14.8 Å². The molecule has 1 aliphatic heterocycles. The van der Waals surface area contributed by atoms with Crippen molar-refractivity contribution in [3.05, 3.63) is 23.8 Å². The van der Waals surface area contributed by atoms with Crippen molar-refractivity contribution in [2.24, 2.45) is 0 Å². The summed E-state index contributed by atoms with van der Waals surface area (Å²) in [6.45, 7) is 3.27. The Morgan fingerprint density at radius 3 is 2.53 bits per heavy atom. The smallest absolute Gasteiger partial charge is 0.127 e. The summed E-state index contributed by atoms with van der Waals surface area (Å²) in [6, 6.07) is 6.47. The Kier molecular flexibility index (Phi) is 5.05. The molecule has 1 N–H and O–H groups in total. The normalized spacial score (nSPS) is 17.4. The first-order chi connectivity index (χ1) is 9.30. The molecular weight excluding hydrogens is 240 g/mol. The third-order valence-corrected chi connectivity index (χ3v) is 3.78. The topological polar surface area (TPSA) is 33.7 Å². The molecule has 106 valence electrons. The number of rotatable bonds is 6. The average molecular weight is 264 g/mol. The van der Waals surface area contributed by atoms with E-state index in [9.17, 15) is 0 Å². The maximum atomic E-state index is 5.54. The van der Waals surface area contributed by atoms with Crippen LogP contribution in [-0.4, -0.2) is 45.8 Å². The van der Waals surface area contributed by atoms with Crippen LogP contribution in [0.3, 0.4) is 0 Å². The summed E-state index contributed by atoms with van der Waals surface area (Å²) < 4.78 is 10.8. The zero-order chi connectivity index (χ0) is 13.7. The highest BCUT2D eigenvalue weighted by atomic mass is 16.5. The molecule has 0 spiro atoms. The summed E-state index contributed by atoms with van der Waals surface area (Å²) in [5.41, 5.74) is 1.24. The molecule has 0 aromatic heterocycles. The van der Waals surface area contributed by atoms with Gasteiger partial charge in [0.05, 0.1) is 20.3 Å². The zero-order valence-electron chi connectivity index (χ0n) is 12.1. The number of likely N-dealkylation sites (tertiary alicyclic amines) is 1. The van der Waals surface area contributed by atoms with E-state index in [0.717, 1.165) is 18.0 Å². The van der Waals surface area contributed by atoms with E-state index in [2.05, 4.69) is 16.3 Å². The van der Waals surface area contributed by atoms with Crippen LogP contribution >= 0.6 is 0 Å². The molecule has 1 heterocycles. The van der Waals surface area contributed by atoms with Gasteiger partial charge in [0.1, 0.15) is 11.5 Å². The highest BCUT2D eigenvalue weighted by molar-refractivity contribution is 5.42. The number of ether oxygens (including phenoxy) is 2. The van der Waals surface area contributed by atoms with Gasteiger partial charge in [-0.3, -0.25) is 4.90 Å². The first kappa shape index (κ1) is 14.2. The predicted octanol–water partition coefficient (Wildman–Crippen LogP) is 2.06. The Morgan fingerprint density at radius 1 is 1.21 bits per heavy atom. The van der Waals surface area contributed by atoms with Gasteiger partial charge in [-0.1, -0.05) is 6.07 Å². The van der Waals surface area contributed by atoms with Gasteiger partial charge in [0.2, 0.25) is 0 Å². The molecule has 2 rings (SSSR count). The van der Waals surface area contributed by atoms with Crippen molar-refractivity contribution in [1.82, 2.24) is 10.2 Å². The van der Waals surface area contributed by atoms with E-state index in [1.54, 1.807) is 14.2 Å². The lowest BCUT2D eigenvalue weighted by Gasteiger charge is -2.29. The van der Waals surface area contributed by atoms with Crippen molar-refractivity contribution >= 4 is 0 Å². The third-order valence-electron chi connectivity index (χ3n) is 3.78. The number of hydrogen-bond donors (Lipinski definition) is 1. The second-order valence-electron chi connectivity index (χ2n) is 4.92. The van der Waals surface area contributed by atoms with Crippen LogP contribution < -0.4 is 14.8 Å². The van der Waals surface area contributed by atoms with Crippen LogP contribution in [-0.2, 0) is 0 Å². The molecule has 1 atom stereocenters. The molecule has 1 aromatic rings. The molecule has 19 heavy (non-hydrogen) atoms. The first-order valence-corrected chi connectivity index (χ1v) is 6.90. The highest BCUT2D eigenvalue weighted by Gasteiger charge is 2.25. The maximum Gasteiger partial charge on any atom is 0.127 e. The standard InChI is InChI=1S/C15H24N2O2/c1-16-11-14(17-8-4-5-9-17)13-7-6-12(18-2)10-15(13)19-3/h6-7,10,14,16H,4-5,8-9,11H2,1-3H3. The Balaban J connectivity index is 2.29. The maximum absolute atomic E-state index is 5.54. The number of nitrogens with zero attached hydrogens (tertiary/aromatic N) is 1. The lowest BCUT2D eigenvalue weighted by atomic mass is 10.0. The van der Waals surface area contributed by atoms with E-state index in [0.29, 0.717) is 6.04 Å². The van der Waals surface area contributed by atoms with Crippen LogP contribution in [0.1, 0.15) is 24.4 Å². The largest absolute Gasteiger partial charge is 0.497 e. The van der Waals surface area contributed by atoms with Crippen molar-refractivity contribution < 1.29 is 9.47 Å². The summed E-state index contributed by atoms with van der Waals surface area (Å²) in [5, 5.41) is 3.29. The van der Waals surface area contributed by atoms with Crippen molar-refractivity contribution in [2.45, 2.75) is 18.9 Å². The minimum Gasteiger partial charge on any atom is -0.497 e. The second kappa shape index (κ2) is 6.78. The van der Waals surface area contributed by atoms with Crippen LogP contribution in [0, 0.1) is 0 Å². The van der Waals surface area contributed by atoms with Gasteiger partial charge in [-0.25, -0.2) is 0 Å². The van der Waals surface area contributed by atoms with Gasteiger partial charge >= 0.3 is 0 Å². The van der Waals surface area contributed by atoms with E-state index >= 15 is 0 Å². The van der Waals surface area contributed by atoms with E-state index in [4.69, 9.17) is 9.47 Å². The first-order valence-electron chi connectivity index (χ1n) is 6.90. The quantitative estimate of drug-likeness (QED) is 0.853. The molecule has 1 fully saturated rings. The average Bonchev–Trinajstić information content (AvgIpc) is 2.98. The third kappa shape index (κ3) is 3.19. The molecule has 4 nitrogen and oxygen atoms in total. The molecule has 0 saturated carbocycles. The monoisotopic (exact) mass is 264 g/mol. The molecule has 4 heteroatoms. The number of methoxy groups -OCH3 is 2. The molecule has 0 bridgehead atoms. The fourth-order valence-corrected chi connectivity index (χ4v) is 2.78. The van der Waals surface area contributed by atoms with Crippen molar-refractivity contribution in [1.29, 1.82) is 0 Å². The van der Waals surface area contributed by atoms with Crippen LogP contribution in [0.2, 0.25) is 0 Å². The van der Waals surface area contributed by atoms with Gasteiger partial charge in [-0.2, -0.15) is 0 Å². The second-order valence-corrected chi connectivity index (χ2v) is 4.92. The summed E-state index contributed by atoms with van der Waals surface area (Å²) in [4.78, 5) is 2.53. The zero-order valence-corrected chi connectivity index (χ0v) is 12.1. The molecule has 1 unspecified atom stereocenters. The van der Waals surface area contributed by atoms with E-state index in [1.807, 2.05) is 19.2 Å². The Hall–Kier alpha value is -1.26. The molecule has 1 saturated heterocycles. The summed E-state index contributed by atoms with van der Waals surface area (Å²) >= 11 is 0. The summed E-state index contributed by atoms with van der Waals surface area (Å²) in [6.07, 6.45) is 2.58. The predicted molar refractivity (Wildman–Crippen MR) is 77.0 cm³/mol. The molecule has 1 aromatic carbocycles. The molecule has 0 amide bonds. The van der Waals surface area contributed by atoms with Crippen LogP contribution in [0.5, 0.6) is 11.5 Å². The lowest BCUT2D eigenvalue weighted by Crippen LogP contribution is -2.33. The fourth-order valence-electron chi connectivity index (χ4n) is 2.78. The molecular formula is C15H24N2O2. The number of hydrogen-bond acceptors (Lipinski definition) is 4. The van der Waals surface area contributed by atoms with Gasteiger partial charge in [0.15, 0.2) is 0 Å². The van der Waals surface area contributed by atoms with Gasteiger partial charge in [0, 0.05) is 18.2 Å². The van der Waals surface area contributed by atoms with Crippen LogP contribution in [0.15, 0.2) is 18.2 Å². The van der Waals surface area contributed by atoms with E-state index < -0.39 is 0 Å². The van der Waals surface area contributed by atoms with Crippen molar-refractivity contribution in [2.75, 3.05) is 40.9 Å². The Labute approximate surface area is 115 Å². The Bertz CT molecular complexity index is 403. The van der Waals surface area contributed by atoms with Crippen LogP contribution in [0.25, 0.3) is 0 Å². The van der Waals surface area contributed by atoms with E-state index in [-0.39, 0.29) is 0 Å². The summed E-state index contributed by atoms with van der Waals surface area (Å²) in [5.74, 6) is 1.75. The number of likely N-dealkylation sites (N-methyl/N-ethyl adjacent to an activating group) is 1. The molecule has 1 aliphatic rings. The number of nitrogens with one attached hydrogen (secondary N) is 1. The Morgan fingerprint density at radius 2 is 1.95 bits per heavy atom. The number of benzene rings is 1. The molecule has 0 aliphatic carbocycles. The van der Waals surface area contributed by atoms with Crippen molar-refractivity contribution in [3.63, 3.8) is 0 Å². The van der Waals surface area contributed by atoms with Crippen LogP contribution in [0.4, 0.5) is 0 Å². The lowest BCUT2D eigenvalue weighted by molar-refractivity contribution is 0.236. The van der Waals surface area contributed by atoms with E-state index in [1.165, 1.54) is 31.5 Å². The van der Waals surface area contributed by atoms with Gasteiger partial charge in [0.25, 0.3) is 0 Å².